The van der Waals surface area contributed by atoms with E-state index in [0.717, 1.165) is 25.5 Å². The topological polar surface area (TPSA) is 45.7 Å². The lowest BCUT2D eigenvalue weighted by Gasteiger charge is -2.21. The van der Waals surface area contributed by atoms with E-state index in [1.165, 1.54) is 19.3 Å². The lowest BCUT2D eigenvalue weighted by atomic mass is 10.1. The summed E-state index contributed by atoms with van der Waals surface area (Å²) >= 11 is 0. The third-order valence-electron chi connectivity index (χ3n) is 3.39. The van der Waals surface area contributed by atoms with E-state index in [2.05, 4.69) is 28.6 Å². The average Bonchev–Trinajstić information content (AvgIpc) is 2.89. The van der Waals surface area contributed by atoms with Crippen molar-refractivity contribution >= 4 is 29.9 Å². The molecule has 1 rings (SSSR count). The molecular formula is C15H30IN3O. The average molecular weight is 395 g/mol. The molecule has 1 aliphatic carbocycles. The van der Waals surface area contributed by atoms with E-state index >= 15 is 0 Å². The van der Waals surface area contributed by atoms with Crippen LogP contribution in [-0.2, 0) is 4.74 Å². The highest BCUT2D eigenvalue weighted by atomic mass is 127. The highest BCUT2D eigenvalue weighted by Crippen LogP contribution is 2.19. The first-order valence-corrected chi connectivity index (χ1v) is 7.32. The van der Waals surface area contributed by atoms with E-state index in [9.17, 15) is 0 Å². The fourth-order valence-corrected chi connectivity index (χ4v) is 1.98. The van der Waals surface area contributed by atoms with Gasteiger partial charge in [0, 0.05) is 20.2 Å². The SMILES string of the molecule is CCNC(=NCC(C)(C)OC)NCCC1=CCCC1.I. The summed E-state index contributed by atoms with van der Waals surface area (Å²) in [5.41, 5.74) is 1.37. The molecule has 118 valence electrons. The van der Waals surface area contributed by atoms with Crippen molar-refractivity contribution in [2.75, 3.05) is 26.7 Å². The predicted molar refractivity (Wildman–Crippen MR) is 97.0 cm³/mol. The number of allylic oxidation sites excluding steroid dienone is 1. The number of halogens is 1. The minimum atomic E-state index is -0.212. The molecule has 0 radical (unpaired) electrons. The van der Waals surface area contributed by atoms with Gasteiger partial charge >= 0.3 is 0 Å². The molecule has 0 atom stereocenters. The zero-order chi connectivity index (χ0) is 14.1. The Labute approximate surface area is 140 Å². The summed E-state index contributed by atoms with van der Waals surface area (Å²) in [6, 6.07) is 0. The maximum absolute atomic E-state index is 5.38. The number of hydrogen-bond donors (Lipinski definition) is 2. The molecule has 1 aliphatic rings. The van der Waals surface area contributed by atoms with Gasteiger partial charge in [0.25, 0.3) is 0 Å². The van der Waals surface area contributed by atoms with Gasteiger partial charge in [-0.1, -0.05) is 11.6 Å². The van der Waals surface area contributed by atoms with Gasteiger partial charge in [0.05, 0.1) is 12.1 Å². The van der Waals surface area contributed by atoms with E-state index in [1.54, 1.807) is 12.7 Å². The van der Waals surface area contributed by atoms with Crippen LogP contribution < -0.4 is 10.6 Å². The Bertz CT molecular complexity index is 327. The van der Waals surface area contributed by atoms with Crippen molar-refractivity contribution in [1.82, 2.24) is 10.6 Å². The standard InChI is InChI=1S/C15H29N3O.HI/c1-5-16-14(18-12-15(2,3)19-4)17-11-10-13-8-6-7-9-13;/h8H,5-7,9-12H2,1-4H3,(H2,16,17,18);1H. The fraction of sp³-hybridized carbons (Fsp3) is 0.800. The highest BCUT2D eigenvalue weighted by Gasteiger charge is 2.15. The summed E-state index contributed by atoms with van der Waals surface area (Å²) in [5, 5.41) is 6.66. The predicted octanol–water partition coefficient (Wildman–Crippen LogP) is 3.08. The maximum Gasteiger partial charge on any atom is 0.191 e. The third kappa shape index (κ3) is 8.09. The molecule has 0 amide bonds. The van der Waals surface area contributed by atoms with Gasteiger partial charge in [-0.25, -0.2) is 0 Å². The van der Waals surface area contributed by atoms with Crippen LogP contribution in [0.5, 0.6) is 0 Å². The number of nitrogens with one attached hydrogen (secondary N) is 2. The van der Waals surface area contributed by atoms with E-state index in [1.807, 2.05) is 13.8 Å². The second-order valence-corrected chi connectivity index (χ2v) is 5.59. The van der Waals surface area contributed by atoms with Gasteiger partial charge < -0.3 is 15.4 Å². The molecule has 0 aromatic rings. The largest absolute Gasteiger partial charge is 0.377 e. The Hall–Kier alpha value is -0.300. The normalized spacial score (nSPS) is 15.6. The molecule has 0 aromatic carbocycles. The number of ether oxygens (including phenoxy) is 1. The molecule has 20 heavy (non-hydrogen) atoms. The van der Waals surface area contributed by atoms with Crippen molar-refractivity contribution in [1.29, 1.82) is 0 Å². The molecule has 0 spiro atoms. The quantitative estimate of drug-likeness (QED) is 0.302. The first-order chi connectivity index (χ1) is 9.07. The van der Waals surface area contributed by atoms with Gasteiger partial charge in [-0.3, -0.25) is 4.99 Å². The molecule has 4 nitrogen and oxygen atoms in total. The first-order valence-electron chi connectivity index (χ1n) is 7.32. The lowest BCUT2D eigenvalue weighted by Crippen LogP contribution is -2.39. The minimum absolute atomic E-state index is 0. The molecule has 0 saturated carbocycles. The molecule has 5 heteroatoms. The second kappa shape index (κ2) is 10.4. The van der Waals surface area contributed by atoms with Crippen LogP contribution in [0.1, 0.15) is 46.5 Å². The van der Waals surface area contributed by atoms with E-state index < -0.39 is 0 Å². The summed E-state index contributed by atoms with van der Waals surface area (Å²) in [5.74, 6) is 0.881. The Morgan fingerprint density at radius 3 is 2.70 bits per heavy atom. The number of nitrogens with zero attached hydrogens (tertiary/aromatic N) is 1. The van der Waals surface area contributed by atoms with Crippen LogP contribution in [0.25, 0.3) is 0 Å². The number of rotatable bonds is 7. The zero-order valence-electron chi connectivity index (χ0n) is 13.3. The second-order valence-electron chi connectivity index (χ2n) is 5.59. The number of hydrogen-bond acceptors (Lipinski definition) is 2. The van der Waals surface area contributed by atoms with E-state index in [0.29, 0.717) is 6.54 Å². The van der Waals surface area contributed by atoms with Crippen molar-refractivity contribution in [3.63, 3.8) is 0 Å². The number of aliphatic imine (C=N–C) groups is 1. The lowest BCUT2D eigenvalue weighted by molar-refractivity contribution is 0.0310. The Morgan fingerprint density at radius 1 is 1.40 bits per heavy atom. The van der Waals surface area contributed by atoms with Gasteiger partial charge in [-0.05, 0) is 46.5 Å². The van der Waals surface area contributed by atoms with Crippen LogP contribution in [0.4, 0.5) is 0 Å². The van der Waals surface area contributed by atoms with Crippen molar-refractivity contribution in [3.8, 4) is 0 Å². The van der Waals surface area contributed by atoms with Crippen LogP contribution in [0, 0.1) is 0 Å². The smallest absolute Gasteiger partial charge is 0.191 e. The van der Waals surface area contributed by atoms with Crippen LogP contribution in [0.15, 0.2) is 16.6 Å². The van der Waals surface area contributed by atoms with Crippen molar-refractivity contribution in [2.24, 2.45) is 4.99 Å². The molecule has 0 unspecified atom stereocenters. The van der Waals surface area contributed by atoms with E-state index in [-0.39, 0.29) is 29.6 Å². The molecule has 0 aliphatic heterocycles. The molecule has 0 heterocycles. The van der Waals surface area contributed by atoms with Crippen molar-refractivity contribution in [3.05, 3.63) is 11.6 Å². The fourth-order valence-electron chi connectivity index (χ4n) is 1.98. The monoisotopic (exact) mass is 395 g/mol. The van der Waals surface area contributed by atoms with Crippen LogP contribution in [0.2, 0.25) is 0 Å². The number of guanidine groups is 1. The minimum Gasteiger partial charge on any atom is -0.377 e. The van der Waals surface area contributed by atoms with Gasteiger partial charge in [0.15, 0.2) is 5.96 Å². The first kappa shape index (κ1) is 19.7. The van der Waals surface area contributed by atoms with Gasteiger partial charge in [-0.2, -0.15) is 0 Å². The molecule has 0 aromatic heterocycles. The Morgan fingerprint density at radius 2 is 2.15 bits per heavy atom. The van der Waals surface area contributed by atoms with Crippen molar-refractivity contribution < 1.29 is 4.74 Å². The third-order valence-corrected chi connectivity index (χ3v) is 3.39. The van der Waals surface area contributed by atoms with Crippen molar-refractivity contribution in [2.45, 2.75) is 52.1 Å². The summed E-state index contributed by atoms with van der Waals surface area (Å²) in [6.45, 7) is 8.65. The van der Waals surface area contributed by atoms with E-state index in [4.69, 9.17) is 4.74 Å². The number of methoxy groups -OCH3 is 1. The zero-order valence-corrected chi connectivity index (χ0v) is 15.6. The summed E-state index contributed by atoms with van der Waals surface area (Å²) in [4.78, 5) is 4.57. The summed E-state index contributed by atoms with van der Waals surface area (Å²) < 4.78 is 5.38. The molecule has 0 bridgehead atoms. The molecular weight excluding hydrogens is 365 g/mol. The Kier molecular flexibility index (Phi) is 10.3. The van der Waals surface area contributed by atoms with Gasteiger partial charge in [0.1, 0.15) is 0 Å². The molecule has 0 fully saturated rings. The van der Waals surface area contributed by atoms with Crippen LogP contribution in [-0.4, -0.2) is 38.3 Å². The highest BCUT2D eigenvalue weighted by molar-refractivity contribution is 14.0. The maximum atomic E-state index is 5.38. The van der Waals surface area contributed by atoms with Crippen LogP contribution in [0.3, 0.4) is 0 Å². The van der Waals surface area contributed by atoms with Gasteiger partial charge in [0.2, 0.25) is 0 Å². The van der Waals surface area contributed by atoms with Gasteiger partial charge in [-0.15, -0.1) is 24.0 Å². The Balaban J connectivity index is 0.00000361. The summed E-state index contributed by atoms with van der Waals surface area (Å²) in [6.07, 6.45) is 7.35. The molecule has 2 N–H and O–H groups in total. The van der Waals surface area contributed by atoms with Crippen LogP contribution >= 0.6 is 24.0 Å². The summed E-state index contributed by atoms with van der Waals surface area (Å²) in [7, 11) is 1.72. The molecule has 0 saturated heterocycles.